The molecule has 0 aromatic heterocycles. The number of para-hydroxylation sites is 2. The summed E-state index contributed by atoms with van der Waals surface area (Å²) in [6.07, 6.45) is 5.84. The van der Waals surface area contributed by atoms with E-state index in [9.17, 15) is 4.79 Å². The lowest BCUT2D eigenvalue weighted by Gasteiger charge is -2.34. The van der Waals surface area contributed by atoms with Gasteiger partial charge < -0.3 is 5.32 Å². The Morgan fingerprint density at radius 1 is 0.864 bits per heavy atom. The normalized spacial score (nSPS) is 15.3. The molecule has 1 aliphatic carbocycles. The van der Waals surface area contributed by atoms with E-state index >= 15 is 0 Å². The summed E-state index contributed by atoms with van der Waals surface area (Å²) >= 11 is 0. The first-order chi connectivity index (χ1) is 10.8. The first-order valence-electron chi connectivity index (χ1n) is 8.05. The number of nitrogens with one attached hydrogen (secondary N) is 1. The van der Waals surface area contributed by atoms with Crippen molar-refractivity contribution in [2.75, 3.05) is 10.2 Å². The number of anilines is 2. The van der Waals surface area contributed by atoms with Crippen LogP contribution < -0.4 is 10.2 Å². The third kappa shape index (κ3) is 3.48. The van der Waals surface area contributed by atoms with Crippen LogP contribution in [0, 0.1) is 0 Å². The summed E-state index contributed by atoms with van der Waals surface area (Å²) in [6.45, 7) is 0. The van der Waals surface area contributed by atoms with Crippen molar-refractivity contribution in [2.24, 2.45) is 0 Å². The Morgan fingerprint density at radius 3 is 2.09 bits per heavy atom. The molecule has 0 atom stereocenters. The number of amides is 2. The van der Waals surface area contributed by atoms with Crippen molar-refractivity contribution in [3.05, 3.63) is 60.7 Å². The molecule has 0 aliphatic heterocycles. The number of carbonyl (C=O) groups excluding carboxylic acids is 1. The second-order valence-electron chi connectivity index (χ2n) is 5.79. The number of nitrogens with zero attached hydrogens (tertiary/aromatic N) is 1. The van der Waals surface area contributed by atoms with Gasteiger partial charge in [-0.05, 0) is 37.1 Å². The van der Waals surface area contributed by atoms with E-state index in [1.807, 2.05) is 65.6 Å². The minimum absolute atomic E-state index is 0.0377. The standard InChI is InChI=1S/C19H22N2O/c22-19(20-16-10-4-1-5-11-16)21(17-12-6-2-7-13-17)18-14-8-3-9-15-18/h1-2,4-7,10-13,18H,3,8-9,14-15H2,(H,20,22). The summed E-state index contributed by atoms with van der Waals surface area (Å²) in [5, 5.41) is 3.02. The van der Waals surface area contributed by atoms with Gasteiger partial charge in [0.2, 0.25) is 0 Å². The Hall–Kier alpha value is -2.29. The lowest BCUT2D eigenvalue weighted by Crippen LogP contribution is -2.44. The van der Waals surface area contributed by atoms with Gasteiger partial charge in [0, 0.05) is 17.4 Å². The maximum Gasteiger partial charge on any atom is 0.326 e. The highest BCUT2D eigenvalue weighted by atomic mass is 16.2. The molecule has 2 amide bonds. The molecule has 0 unspecified atom stereocenters. The van der Waals surface area contributed by atoms with Gasteiger partial charge in [-0.2, -0.15) is 0 Å². The highest BCUT2D eigenvalue weighted by Crippen LogP contribution is 2.28. The van der Waals surface area contributed by atoms with E-state index in [2.05, 4.69) is 5.32 Å². The zero-order valence-corrected chi connectivity index (χ0v) is 12.7. The fourth-order valence-electron chi connectivity index (χ4n) is 3.13. The van der Waals surface area contributed by atoms with Crippen molar-refractivity contribution >= 4 is 17.4 Å². The third-order valence-corrected chi connectivity index (χ3v) is 4.22. The van der Waals surface area contributed by atoms with Crippen LogP contribution in [0.1, 0.15) is 32.1 Å². The van der Waals surface area contributed by atoms with Crippen LogP contribution in [0.25, 0.3) is 0 Å². The van der Waals surface area contributed by atoms with Crippen molar-refractivity contribution in [3.63, 3.8) is 0 Å². The van der Waals surface area contributed by atoms with Gasteiger partial charge >= 0.3 is 6.03 Å². The summed E-state index contributed by atoms with van der Waals surface area (Å²) in [4.78, 5) is 14.8. The van der Waals surface area contributed by atoms with E-state index in [1.165, 1.54) is 19.3 Å². The summed E-state index contributed by atoms with van der Waals surface area (Å²) in [6, 6.07) is 19.9. The number of benzene rings is 2. The van der Waals surface area contributed by atoms with Gasteiger partial charge in [-0.15, -0.1) is 0 Å². The van der Waals surface area contributed by atoms with Gasteiger partial charge in [-0.25, -0.2) is 4.79 Å². The Balaban J connectivity index is 1.82. The maximum absolute atomic E-state index is 12.8. The molecule has 3 heteroatoms. The van der Waals surface area contributed by atoms with Crippen LogP contribution in [-0.4, -0.2) is 12.1 Å². The van der Waals surface area contributed by atoms with Crippen molar-refractivity contribution in [2.45, 2.75) is 38.1 Å². The van der Waals surface area contributed by atoms with E-state index in [0.717, 1.165) is 24.2 Å². The molecule has 1 saturated carbocycles. The summed E-state index contributed by atoms with van der Waals surface area (Å²) in [7, 11) is 0. The van der Waals surface area contributed by atoms with E-state index in [4.69, 9.17) is 0 Å². The van der Waals surface area contributed by atoms with Gasteiger partial charge in [0.05, 0.1) is 0 Å². The maximum atomic E-state index is 12.8. The van der Waals surface area contributed by atoms with Crippen LogP contribution in [0.4, 0.5) is 16.2 Å². The second-order valence-corrected chi connectivity index (χ2v) is 5.79. The highest BCUT2D eigenvalue weighted by molar-refractivity contribution is 6.02. The van der Waals surface area contributed by atoms with Crippen LogP contribution in [-0.2, 0) is 0 Å². The fraction of sp³-hybridized carbons (Fsp3) is 0.316. The van der Waals surface area contributed by atoms with E-state index in [-0.39, 0.29) is 6.03 Å². The molecule has 2 aromatic rings. The molecular formula is C19H22N2O. The molecule has 1 N–H and O–H groups in total. The molecule has 3 nitrogen and oxygen atoms in total. The van der Waals surface area contributed by atoms with Crippen molar-refractivity contribution in [3.8, 4) is 0 Å². The Bertz CT molecular complexity index is 591. The molecule has 114 valence electrons. The van der Waals surface area contributed by atoms with Gasteiger partial charge in [0.15, 0.2) is 0 Å². The SMILES string of the molecule is O=C(Nc1ccccc1)N(c1ccccc1)C1CCCCC1. The van der Waals surface area contributed by atoms with Crippen molar-refractivity contribution in [1.82, 2.24) is 0 Å². The van der Waals surface area contributed by atoms with Gasteiger partial charge in [-0.3, -0.25) is 4.90 Å². The Kier molecular flexibility index (Phi) is 4.74. The number of rotatable bonds is 3. The number of carbonyl (C=O) groups is 1. The predicted octanol–water partition coefficient (Wildman–Crippen LogP) is 5.06. The average molecular weight is 294 g/mol. The van der Waals surface area contributed by atoms with Crippen LogP contribution >= 0.6 is 0 Å². The molecular weight excluding hydrogens is 272 g/mol. The zero-order chi connectivity index (χ0) is 15.2. The largest absolute Gasteiger partial charge is 0.326 e. The quantitative estimate of drug-likeness (QED) is 0.843. The number of hydrogen-bond donors (Lipinski definition) is 1. The molecule has 0 bridgehead atoms. The third-order valence-electron chi connectivity index (χ3n) is 4.22. The molecule has 0 spiro atoms. The van der Waals surface area contributed by atoms with Crippen molar-refractivity contribution < 1.29 is 4.79 Å². The smallest absolute Gasteiger partial charge is 0.308 e. The van der Waals surface area contributed by atoms with E-state index in [1.54, 1.807) is 0 Å². The van der Waals surface area contributed by atoms with Gasteiger partial charge in [-0.1, -0.05) is 55.7 Å². The van der Waals surface area contributed by atoms with E-state index in [0.29, 0.717) is 6.04 Å². The highest BCUT2D eigenvalue weighted by Gasteiger charge is 2.26. The topological polar surface area (TPSA) is 32.3 Å². The molecule has 22 heavy (non-hydrogen) atoms. The second kappa shape index (κ2) is 7.12. The average Bonchev–Trinajstić information content (AvgIpc) is 2.58. The minimum atomic E-state index is -0.0377. The predicted molar refractivity (Wildman–Crippen MR) is 91.3 cm³/mol. The van der Waals surface area contributed by atoms with Crippen LogP contribution in [0.15, 0.2) is 60.7 Å². The molecule has 0 heterocycles. The first-order valence-corrected chi connectivity index (χ1v) is 8.05. The van der Waals surface area contributed by atoms with Crippen LogP contribution in [0.5, 0.6) is 0 Å². The minimum Gasteiger partial charge on any atom is -0.308 e. The lowest BCUT2D eigenvalue weighted by molar-refractivity contribution is 0.252. The summed E-state index contributed by atoms with van der Waals surface area (Å²) in [5.41, 5.74) is 1.81. The Labute approximate surface area is 132 Å². The fourth-order valence-corrected chi connectivity index (χ4v) is 3.13. The molecule has 1 fully saturated rings. The van der Waals surface area contributed by atoms with Gasteiger partial charge in [0.1, 0.15) is 0 Å². The summed E-state index contributed by atoms with van der Waals surface area (Å²) < 4.78 is 0. The number of urea groups is 1. The molecule has 2 aromatic carbocycles. The zero-order valence-electron chi connectivity index (χ0n) is 12.7. The van der Waals surface area contributed by atoms with Crippen LogP contribution in [0.3, 0.4) is 0 Å². The number of hydrogen-bond acceptors (Lipinski definition) is 1. The summed E-state index contributed by atoms with van der Waals surface area (Å²) in [5.74, 6) is 0. The first kappa shape index (κ1) is 14.6. The molecule has 3 rings (SSSR count). The molecule has 1 aliphatic rings. The molecule has 0 radical (unpaired) electrons. The van der Waals surface area contributed by atoms with Crippen LogP contribution in [0.2, 0.25) is 0 Å². The lowest BCUT2D eigenvalue weighted by atomic mass is 9.94. The Morgan fingerprint density at radius 2 is 1.45 bits per heavy atom. The monoisotopic (exact) mass is 294 g/mol. The van der Waals surface area contributed by atoms with Gasteiger partial charge in [0.25, 0.3) is 0 Å². The molecule has 0 saturated heterocycles. The van der Waals surface area contributed by atoms with E-state index < -0.39 is 0 Å². The van der Waals surface area contributed by atoms with Crippen molar-refractivity contribution in [1.29, 1.82) is 0 Å².